The molecule has 4 heteroatoms. The molecule has 3 N–H and O–H groups in total. The monoisotopic (exact) mass is 160 g/mol. The number of hydrogen-bond donors (Lipinski definition) is 3. The maximum absolute atomic E-state index is 10.5. The van der Waals surface area contributed by atoms with Crippen LogP contribution in [-0.2, 0) is 4.79 Å². The lowest BCUT2D eigenvalue weighted by atomic mass is 10.2. The highest BCUT2D eigenvalue weighted by Crippen LogP contribution is 1.97. The van der Waals surface area contributed by atoms with Crippen molar-refractivity contribution in [2.45, 2.75) is 25.7 Å². The summed E-state index contributed by atoms with van der Waals surface area (Å²) in [5.41, 5.74) is 1.60. The van der Waals surface area contributed by atoms with Crippen molar-refractivity contribution in [1.29, 1.82) is 0 Å². The van der Waals surface area contributed by atoms with Gasteiger partial charge >= 0.3 is 0 Å². The zero-order chi connectivity index (χ0) is 8.53. The van der Waals surface area contributed by atoms with E-state index in [0.717, 1.165) is 25.8 Å². The molecule has 0 aromatic rings. The van der Waals surface area contributed by atoms with E-state index in [4.69, 9.17) is 5.21 Å². The lowest BCUT2D eigenvalue weighted by Gasteiger charge is -1.98. The topological polar surface area (TPSA) is 61.4 Å². The van der Waals surface area contributed by atoms with Crippen molar-refractivity contribution in [1.82, 2.24) is 10.8 Å². The summed E-state index contributed by atoms with van der Waals surface area (Å²) in [5.74, 6) is -0.297. The van der Waals surface area contributed by atoms with E-state index in [1.165, 1.54) is 0 Å². The molecule has 0 saturated heterocycles. The van der Waals surface area contributed by atoms with Gasteiger partial charge in [-0.25, -0.2) is 5.48 Å². The van der Waals surface area contributed by atoms with E-state index in [9.17, 15) is 4.79 Å². The highest BCUT2D eigenvalue weighted by atomic mass is 16.5. The third-order valence-electron chi connectivity index (χ3n) is 1.46. The molecule has 0 atom stereocenters. The molecule has 4 nitrogen and oxygen atoms in total. The molecule has 0 spiro atoms. The molecule has 0 aromatic heterocycles. The van der Waals surface area contributed by atoms with Gasteiger partial charge in [-0.15, -0.1) is 0 Å². The van der Waals surface area contributed by atoms with Crippen LogP contribution >= 0.6 is 0 Å². The van der Waals surface area contributed by atoms with Crippen molar-refractivity contribution in [3.63, 3.8) is 0 Å². The van der Waals surface area contributed by atoms with Crippen molar-refractivity contribution < 1.29 is 10.0 Å². The number of carbonyl (C=O) groups excluding carboxylic acids is 1. The van der Waals surface area contributed by atoms with Gasteiger partial charge in [-0.2, -0.15) is 0 Å². The minimum Gasteiger partial charge on any atom is -0.320 e. The van der Waals surface area contributed by atoms with Crippen molar-refractivity contribution in [2.75, 3.05) is 13.6 Å². The Morgan fingerprint density at radius 1 is 1.36 bits per heavy atom. The van der Waals surface area contributed by atoms with E-state index in [1.807, 2.05) is 7.05 Å². The highest BCUT2D eigenvalue weighted by molar-refractivity contribution is 5.74. The Hall–Kier alpha value is -0.610. The zero-order valence-electron chi connectivity index (χ0n) is 6.89. The average Bonchev–Trinajstić information content (AvgIpc) is 2.04. The molecule has 0 aliphatic heterocycles. The summed E-state index contributed by atoms with van der Waals surface area (Å²) in [4.78, 5) is 10.5. The predicted molar refractivity (Wildman–Crippen MR) is 42.3 cm³/mol. The smallest absolute Gasteiger partial charge is 0.243 e. The summed E-state index contributed by atoms with van der Waals surface area (Å²) in [5, 5.41) is 11.1. The van der Waals surface area contributed by atoms with E-state index >= 15 is 0 Å². The number of carbonyl (C=O) groups is 1. The van der Waals surface area contributed by atoms with Crippen LogP contribution in [-0.4, -0.2) is 24.7 Å². The zero-order valence-corrected chi connectivity index (χ0v) is 6.89. The second kappa shape index (κ2) is 7.50. The van der Waals surface area contributed by atoms with Crippen LogP contribution in [0, 0.1) is 0 Å². The van der Waals surface area contributed by atoms with Gasteiger partial charge in [0.2, 0.25) is 5.91 Å². The number of rotatable bonds is 6. The number of hydrogen-bond acceptors (Lipinski definition) is 3. The Labute approximate surface area is 66.9 Å². The molecular weight excluding hydrogens is 144 g/mol. The Morgan fingerprint density at radius 2 is 2.09 bits per heavy atom. The van der Waals surface area contributed by atoms with E-state index in [0.29, 0.717) is 6.42 Å². The molecular formula is C7H16N2O2. The number of nitrogens with one attached hydrogen (secondary N) is 2. The Kier molecular flexibility index (Phi) is 7.08. The maximum Gasteiger partial charge on any atom is 0.243 e. The summed E-state index contributed by atoms with van der Waals surface area (Å²) < 4.78 is 0. The van der Waals surface area contributed by atoms with E-state index in [2.05, 4.69) is 5.32 Å². The molecule has 66 valence electrons. The summed E-state index contributed by atoms with van der Waals surface area (Å²) in [7, 11) is 1.90. The quantitative estimate of drug-likeness (QED) is 0.297. The summed E-state index contributed by atoms with van der Waals surface area (Å²) in [6.07, 6.45) is 3.36. The normalized spacial score (nSPS) is 9.64. The molecule has 0 rings (SSSR count). The number of unbranched alkanes of at least 4 members (excludes halogenated alkanes) is 2. The Morgan fingerprint density at radius 3 is 2.64 bits per heavy atom. The van der Waals surface area contributed by atoms with Crippen molar-refractivity contribution in [3.8, 4) is 0 Å². The third kappa shape index (κ3) is 7.29. The van der Waals surface area contributed by atoms with E-state index in [1.54, 1.807) is 5.48 Å². The Balaban J connectivity index is 2.95. The van der Waals surface area contributed by atoms with Gasteiger partial charge in [-0.1, -0.05) is 6.42 Å². The molecule has 0 aromatic carbocycles. The summed E-state index contributed by atoms with van der Waals surface area (Å²) >= 11 is 0. The largest absolute Gasteiger partial charge is 0.320 e. The fraction of sp³-hybridized carbons (Fsp3) is 0.857. The molecule has 0 saturated carbocycles. The maximum atomic E-state index is 10.5. The van der Waals surface area contributed by atoms with Crippen LogP contribution in [0.15, 0.2) is 0 Å². The van der Waals surface area contributed by atoms with Gasteiger partial charge in [0, 0.05) is 6.42 Å². The van der Waals surface area contributed by atoms with Gasteiger partial charge in [0.1, 0.15) is 0 Å². The fourth-order valence-corrected chi connectivity index (χ4v) is 0.820. The third-order valence-corrected chi connectivity index (χ3v) is 1.46. The first-order valence-electron chi connectivity index (χ1n) is 3.88. The van der Waals surface area contributed by atoms with Gasteiger partial charge in [-0.05, 0) is 26.4 Å². The number of amides is 1. The van der Waals surface area contributed by atoms with Crippen LogP contribution in [0.25, 0.3) is 0 Å². The lowest BCUT2D eigenvalue weighted by Crippen LogP contribution is -2.17. The van der Waals surface area contributed by atoms with Crippen molar-refractivity contribution in [3.05, 3.63) is 0 Å². The standard InChI is InChI=1S/C7H16N2O2/c1-8-6-4-2-3-5-7(10)9-11/h8,11H,2-6H2,1H3,(H,9,10). The summed E-state index contributed by atoms with van der Waals surface area (Å²) in [6, 6.07) is 0. The van der Waals surface area contributed by atoms with Crippen LogP contribution in [0.3, 0.4) is 0 Å². The Bertz CT molecular complexity index is 107. The van der Waals surface area contributed by atoms with Gasteiger partial charge in [0.25, 0.3) is 0 Å². The molecule has 0 fully saturated rings. The van der Waals surface area contributed by atoms with Gasteiger partial charge < -0.3 is 5.32 Å². The van der Waals surface area contributed by atoms with Crippen LogP contribution in [0.5, 0.6) is 0 Å². The summed E-state index contributed by atoms with van der Waals surface area (Å²) in [6.45, 7) is 0.987. The molecule has 0 heterocycles. The van der Waals surface area contributed by atoms with Crippen LogP contribution in [0.4, 0.5) is 0 Å². The molecule has 0 unspecified atom stereocenters. The van der Waals surface area contributed by atoms with Gasteiger partial charge in [0.15, 0.2) is 0 Å². The SMILES string of the molecule is CNCCCCCC(=O)NO. The van der Waals surface area contributed by atoms with Crippen molar-refractivity contribution in [2.24, 2.45) is 0 Å². The number of hydroxylamine groups is 1. The van der Waals surface area contributed by atoms with E-state index < -0.39 is 0 Å². The minimum atomic E-state index is -0.297. The van der Waals surface area contributed by atoms with Crippen LogP contribution in [0.2, 0.25) is 0 Å². The second-order valence-corrected chi connectivity index (χ2v) is 2.45. The van der Waals surface area contributed by atoms with Crippen molar-refractivity contribution >= 4 is 5.91 Å². The predicted octanol–water partition coefficient (Wildman–Crippen LogP) is 0.272. The highest BCUT2D eigenvalue weighted by Gasteiger charge is 1.96. The molecule has 0 radical (unpaired) electrons. The molecule has 1 amide bonds. The lowest BCUT2D eigenvalue weighted by molar-refractivity contribution is -0.129. The molecule has 11 heavy (non-hydrogen) atoms. The second-order valence-electron chi connectivity index (χ2n) is 2.45. The fourth-order valence-electron chi connectivity index (χ4n) is 0.820. The first kappa shape index (κ1) is 10.4. The molecule has 0 aliphatic rings. The van der Waals surface area contributed by atoms with Crippen LogP contribution < -0.4 is 10.8 Å². The first-order chi connectivity index (χ1) is 5.31. The van der Waals surface area contributed by atoms with Crippen LogP contribution in [0.1, 0.15) is 25.7 Å². The minimum absolute atomic E-state index is 0.297. The van der Waals surface area contributed by atoms with Gasteiger partial charge in [0.05, 0.1) is 0 Å². The average molecular weight is 160 g/mol. The van der Waals surface area contributed by atoms with Gasteiger partial charge in [-0.3, -0.25) is 10.0 Å². The van der Waals surface area contributed by atoms with E-state index in [-0.39, 0.29) is 5.91 Å². The first-order valence-corrected chi connectivity index (χ1v) is 3.88. The molecule has 0 aliphatic carbocycles. The molecule has 0 bridgehead atoms.